The first kappa shape index (κ1) is 15.6. The highest BCUT2D eigenvalue weighted by molar-refractivity contribution is 9.10. The van der Waals surface area contributed by atoms with Gasteiger partial charge < -0.3 is 9.32 Å². The minimum Gasteiger partial charge on any atom is -0.411 e. The number of amides is 1. The van der Waals surface area contributed by atoms with Gasteiger partial charge in [-0.25, -0.2) is 0 Å². The summed E-state index contributed by atoms with van der Waals surface area (Å²) in [6, 6.07) is 7.67. The minimum atomic E-state index is -0.217. The maximum Gasteiger partial charge on any atom is 0.277 e. The SMILES string of the molecule is C[C@@H](Sc1nnc(-c2ccccc2Br)o1)C(=O)N1CCCC1. The Hall–Kier alpha value is -1.34. The van der Waals surface area contributed by atoms with Crippen molar-refractivity contribution in [2.45, 2.75) is 30.2 Å². The van der Waals surface area contributed by atoms with Crippen LogP contribution in [0, 0.1) is 0 Å². The van der Waals surface area contributed by atoms with Crippen LogP contribution in [0.5, 0.6) is 0 Å². The molecule has 2 aromatic rings. The fourth-order valence-electron chi connectivity index (χ4n) is 2.40. The summed E-state index contributed by atoms with van der Waals surface area (Å²) < 4.78 is 6.57. The number of carbonyl (C=O) groups is 1. The van der Waals surface area contributed by atoms with Crippen molar-refractivity contribution in [2.24, 2.45) is 0 Å². The highest BCUT2D eigenvalue weighted by Gasteiger charge is 2.25. The lowest BCUT2D eigenvalue weighted by Crippen LogP contribution is -2.34. The van der Waals surface area contributed by atoms with E-state index < -0.39 is 0 Å². The van der Waals surface area contributed by atoms with Crippen molar-refractivity contribution >= 4 is 33.6 Å². The summed E-state index contributed by atoms with van der Waals surface area (Å²) in [5.74, 6) is 0.596. The van der Waals surface area contributed by atoms with Crippen molar-refractivity contribution in [3.8, 4) is 11.5 Å². The molecule has 1 saturated heterocycles. The molecule has 1 aliphatic rings. The van der Waals surface area contributed by atoms with Crippen LogP contribution in [-0.4, -0.2) is 39.3 Å². The van der Waals surface area contributed by atoms with Gasteiger partial charge in [-0.05, 0) is 47.8 Å². The molecule has 1 aliphatic heterocycles. The average molecular weight is 382 g/mol. The Kier molecular flexibility index (Phi) is 4.83. The number of hydrogen-bond acceptors (Lipinski definition) is 5. The molecule has 0 saturated carbocycles. The first-order chi connectivity index (χ1) is 10.6. The van der Waals surface area contributed by atoms with Crippen LogP contribution in [0.3, 0.4) is 0 Å². The van der Waals surface area contributed by atoms with Crippen LogP contribution < -0.4 is 0 Å². The van der Waals surface area contributed by atoms with Crippen LogP contribution in [0.2, 0.25) is 0 Å². The fourth-order valence-corrected chi connectivity index (χ4v) is 3.62. The topological polar surface area (TPSA) is 59.2 Å². The van der Waals surface area contributed by atoms with Gasteiger partial charge >= 0.3 is 0 Å². The molecule has 7 heteroatoms. The van der Waals surface area contributed by atoms with Crippen molar-refractivity contribution < 1.29 is 9.21 Å². The number of thioether (sulfide) groups is 1. The number of benzene rings is 1. The predicted molar refractivity (Wildman–Crippen MR) is 88.6 cm³/mol. The van der Waals surface area contributed by atoms with E-state index >= 15 is 0 Å². The number of halogens is 1. The van der Waals surface area contributed by atoms with E-state index in [0.717, 1.165) is 36.0 Å². The zero-order valence-electron chi connectivity index (χ0n) is 12.2. The molecule has 0 N–H and O–H groups in total. The Labute approximate surface area is 141 Å². The summed E-state index contributed by atoms with van der Waals surface area (Å²) >= 11 is 4.78. The zero-order valence-corrected chi connectivity index (χ0v) is 14.6. The van der Waals surface area contributed by atoms with E-state index in [1.54, 1.807) is 0 Å². The van der Waals surface area contributed by atoms with Crippen molar-refractivity contribution in [3.63, 3.8) is 0 Å². The standard InChI is InChI=1S/C15H16BrN3O2S/c1-10(14(20)19-8-4-5-9-19)22-15-18-17-13(21-15)11-6-2-3-7-12(11)16/h2-3,6-7,10H,4-5,8-9H2,1H3/t10-/m1/s1. The van der Waals surface area contributed by atoms with Crippen LogP contribution in [-0.2, 0) is 4.79 Å². The van der Waals surface area contributed by atoms with Crippen LogP contribution in [0.25, 0.3) is 11.5 Å². The Bertz CT molecular complexity index is 670. The van der Waals surface area contributed by atoms with Crippen molar-refractivity contribution in [1.82, 2.24) is 15.1 Å². The van der Waals surface area contributed by atoms with Gasteiger partial charge in [-0.3, -0.25) is 4.79 Å². The normalized spacial score (nSPS) is 16.0. The third kappa shape index (κ3) is 3.35. The predicted octanol–water partition coefficient (Wildman–Crippen LogP) is 3.60. The largest absolute Gasteiger partial charge is 0.411 e. The van der Waals surface area contributed by atoms with E-state index in [4.69, 9.17) is 4.42 Å². The van der Waals surface area contributed by atoms with Crippen LogP contribution in [0.15, 0.2) is 38.4 Å². The lowest BCUT2D eigenvalue weighted by Gasteiger charge is -2.18. The van der Waals surface area contributed by atoms with Gasteiger partial charge in [-0.2, -0.15) is 0 Å². The molecule has 1 amide bonds. The Morgan fingerprint density at radius 1 is 1.32 bits per heavy atom. The molecular weight excluding hydrogens is 366 g/mol. The van der Waals surface area contributed by atoms with Crippen LogP contribution in [0.4, 0.5) is 0 Å². The summed E-state index contributed by atoms with van der Waals surface area (Å²) in [6.45, 7) is 3.60. The molecule has 22 heavy (non-hydrogen) atoms. The second-order valence-corrected chi connectivity index (χ2v) is 7.29. The summed E-state index contributed by atoms with van der Waals surface area (Å²) in [5, 5.41) is 8.31. The number of carbonyl (C=O) groups excluding carboxylic acids is 1. The molecule has 1 fully saturated rings. The smallest absolute Gasteiger partial charge is 0.277 e. The Morgan fingerprint density at radius 3 is 2.77 bits per heavy atom. The van der Waals surface area contributed by atoms with E-state index in [0.29, 0.717) is 11.1 Å². The lowest BCUT2D eigenvalue weighted by atomic mass is 10.2. The van der Waals surface area contributed by atoms with Crippen LogP contribution in [0.1, 0.15) is 19.8 Å². The van der Waals surface area contributed by atoms with Gasteiger partial charge in [0.05, 0.1) is 10.8 Å². The second-order valence-electron chi connectivity index (χ2n) is 5.15. The van der Waals surface area contributed by atoms with E-state index in [9.17, 15) is 4.79 Å². The first-order valence-electron chi connectivity index (χ1n) is 7.19. The third-order valence-electron chi connectivity index (χ3n) is 3.55. The molecule has 0 bridgehead atoms. The number of nitrogens with zero attached hydrogens (tertiary/aromatic N) is 3. The van der Waals surface area contributed by atoms with Crippen LogP contribution >= 0.6 is 27.7 Å². The van der Waals surface area contributed by atoms with Gasteiger partial charge in [0.1, 0.15) is 0 Å². The molecule has 1 aromatic carbocycles. The van der Waals surface area contributed by atoms with Gasteiger partial charge in [0.15, 0.2) is 0 Å². The van der Waals surface area contributed by atoms with E-state index in [-0.39, 0.29) is 11.2 Å². The highest BCUT2D eigenvalue weighted by Crippen LogP contribution is 2.30. The molecule has 0 aliphatic carbocycles. The fraction of sp³-hybridized carbons (Fsp3) is 0.400. The maximum absolute atomic E-state index is 12.3. The third-order valence-corrected chi connectivity index (χ3v) is 5.17. The van der Waals surface area contributed by atoms with Crippen molar-refractivity contribution in [3.05, 3.63) is 28.7 Å². The molecule has 0 radical (unpaired) electrons. The summed E-state index contributed by atoms with van der Waals surface area (Å²) in [5.41, 5.74) is 0.848. The van der Waals surface area contributed by atoms with Gasteiger partial charge in [0.25, 0.3) is 5.22 Å². The average Bonchev–Trinajstić information content (AvgIpc) is 3.18. The number of likely N-dealkylation sites (tertiary alicyclic amines) is 1. The molecule has 1 atom stereocenters. The summed E-state index contributed by atoms with van der Waals surface area (Å²) in [4.78, 5) is 14.2. The van der Waals surface area contributed by atoms with Gasteiger partial charge in [-0.1, -0.05) is 23.9 Å². The number of hydrogen-bond donors (Lipinski definition) is 0. The maximum atomic E-state index is 12.3. The monoisotopic (exact) mass is 381 g/mol. The molecule has 1 aromatic heterocycles. The summed E-state index contributed by atoms with van der Waals surface area (Å²) in [6.07, 6.45) is 2.19. The molecular formula is C15H16BrN3O2S. The number of rotatable bonds is 4. The highest BCUT2D eigenvalue weighted by atomic mass is 79.9. The molecule has 0 unspecified atom stereocenters. The van der Waals surface area contributed by atoms with Crippen molar-refractivity contribution in [2.75, 3.05) is 13.1 Å². The van der Waals surface area contributed by atoms with Gasteiger partial charge in [0.2, 0.25) is 11.8 Å². The zero-order chi connectivity index (χ0) is 15.5. The van der Waals surface area contributed by atoms with E-state index in [2.05, 4.69) is 26.1 Å². The summed E-state index contributed by atoms with van der Waals surface area (Å²) in [7, 11) is 0. The van der Waals surface area contributed by atoms with E-state index in [1.807, 2.05) is 36.1 Å². The second kappa shape index (κ2) is 6.83. The number of aromatic nitrogens is 2. The van der Waals surface area contributed by atoms with Crippen molar-refractivity contribution in [1.29, 1.82) is 0 Å². The molecule has 3 rings (SSSR count). The van der Waals surface area contributed by atoms with Gasteiger partial charge in [-0.15, -0.1) is 10.2 Å². The lowest BCUT2D eigenvalue weighted by molar-refractivity contribution is -0.129. The molecule has 0 spiro atoms. The minimum absolute atomic E-state index is 0.142. The first-order valence-corrected chi connectivity index (χ1v) is 8.86. The van der Waals surface area contributed by atoms with Gasteiger partial charge in [0, 0.05) is 17.6 Å². The van der Waals surface area contributed by atoms with E-state index in [1.165, 1.54) is 11.8 Å². The quantitative estimate of drug-likeness (QED) is 0.757. The molecule has 5 nitrogen and oxygen atoms in total. The molecule has 116 valence electrons. The molecule has 2 heterocycles. The Balaban J connectivity index is 1.69. The Morgan fingerprint density at radius 2 is 2.05 bits per heavy atom.